The van der Waals surface area contributed by atoms with Crippen LogP contribution in [0.25, 0.3) is 0 Å². The number of benzene rings is 1. The molecule has 0 radical (unpaired) electrons. The Morgan fingerprint density at radius 1 is 1.37 bits per heavy atom. The van der Waals surface area contributed by atoms with Gasteiger partial charge in [0, 0.05) is 31.7 Å². The van der Waals surface area contributed by atoms with Gasteiger partial charge in [0.1, 0.15) is 0 Å². The summed E-state index contributed by atoms with van der Waals surface area (Å²) in [5.74, 6) is -0.117. The van der Waals surface area contributed by atoms with Crippen molar-refractivity contribution in [3.05, 3.63) is 47.8 Å². The summed E-state index contributed by atoms with van der Waals surface area (Å²) in [5, 5.41) is 27.8. The number of hydrogen-bond donors (Lipinski definition) is 3. The number of amides is 1. The van der Waals surface area contributed by atoms with Gasteiger partial charge in [-0.25, -0.2) is 0 Å². The lowest BCUT2D eigenvalue weighted by Crippen LogP contribution is -2.56. The fourth-order valence-corrected chi connectivity index (χ4v) is 3.88. The average molecular weight is 372 g/mol. The van der Waals surface area contributed by atoms with E-state index in [0.717, 1.165) is 11.3 Å². The van der Waals surface area contributed by atoms with Gasteiger partial charge in [-0.15, -0.1) is 0 Å². The second-order valence-electron chi connectivity index (χ2n) is 7.55. The fourth-order valence-electron chi connectivity index (χ4n) is 3.88. The number of piperidine rings is 1. The highest BCUT2D eigenvalue weighted by Crippen LogP contribution is 2.33. The standard InChI is InChI=1S/C20H28N4O3/c1-15-17(11-23(2)22-15)21-19(27)12-24-9-8-18(26)20(13-24,14-25)10-16-6-4-3-5-7-16/h3-7,11,18,25-26H,8-10,12-14H2,1-2H3,(H,21,27)/t18-,20+/m0/s1. The SMILES string of the molecule is Cc1nn(C)cc1NC(=O)CN1CC[C@H](O)[C@](CO)(Cc2ccccc2)C1. The predicted molar refractivity (Wildman–Crippen MR) is 103 cm³/mol. The Bertz CT molecular complexity index is 777. The van der Waals surface area contributed by atoms with E-state index in [0.29, 0.717) is 31.6 Å². The summed E-state index contributed by atoms with van der Waals surface area (Å²) in [6, 6.07) is 9.86. The van der Waals surface area contributed by atoms with Crippen molar-refractivity contribution in [1.29, 1.82) is 0 Å². The van der Waals surface area contributed by atoms with Gasteiger partial charge in [-0.2, -0.15) is 5.10 Å². The second-order valence-corrected chi connectivity index (χ2v) is 7.55. The van der Waals surface area contributed by atoms with Gasteiger partial charge in [0.05, 0.1) is 30.6 Å². The summed E-state index contributed by atoms with van der Waals surface area (Å²) >= 11 is 0. The van der Waals surface area contributed by atoms with Crippen LogP contribution in [0, 0.1) is 12.3 Å². The maximum absolute atomic E-state index is 12.5. The van der Waals surface area contributed by atoms with Gasteiger partial charge in [-0.05, 0) is 25.3 Å². The molecule has 2 heterocycles. The van der Waals surface area contributed by atoms with Gasteiger partial charge in [0.2, 0.25) is 5.91 Å². The maximum atomic E-state index is 12.5. The summed E-state index contributed by atoms with van der Waals surface area (Å²) in [4.78, 5) is 14.5. The van der Waals surface area contributed by atoms with Crippen LogP contribution in [0.15, 0.2) is 36.5 Å². The van der Waals surface area contributed by atoms with Crippen LogP contribution in [-0.4, -0.2) is 63.1 Å². The molecule has 3 rings (SSSR count). The number of aliphatic hydroxyl groups is 2. The summed E-state index contributed by atoms with van der Waals surface area (Å²) in [6.07, 6.45) is 2.29. The monoisotopic (exact) mass is 372 g/mol. The number of likely N-dealkylation sites (tertiary alicyclic amines) is 1. The summed E-state index contributed by atoms with van der Waals surface area (Å²) in [7, 11) is 1.81. The van der Waals surface area contributed by atoms with E-state index < -0.39 is 11.5 Å². The molecule has 1 aromatic heterocycles. The van der Waals surface area contributed by atoms with Crippen molar-refractivity contribution in [2.45, 2.75) is 25.9 Å². The molecule has 27 heavy (non-hydrogen) atoms. The molecule has 0 bridgehead atoms. The Labute approximate surface area is 159 Å². The minimum atomic E-state index is -0.663. The molecule has 3 N–H and O–H groups in total. The average Bonchev–Trinajstić information content (AvgIpc) is 2.95. The molecule has 7 heteroatoms. The Balaban J connectivity index is 1.66. The highest BCUT2D eigenvalue weighted by Gasteiger charge is 2.42. The number of aromatic nitrogens is 2. The normalized spacial score (nSPS) is 23.3. The smallest absolute Gasteiger partial charge is 0.238 e. The van der Waals surface area contributed by atoms with Crippen molar-refractivity contribution in [2.75, 3.05) is 31.6 Å². The van der Waals surface area contributed by atoms with Crippen LogP contribution >= 0.6 is 0 Å². The van der Waals surface area contributed by atoms with E-state index in [9.17, 15) is 15.0 Å². The third-order valence-corrected chi connectivity index (χ3v) is 5.33. The Hall–Kier alpha value is -2.22. The number of nitrogens with zero attached hydrogens (tertiary/aromatic N) is 3. The molecule has 0 aliphatic carbocycles. The minimum Gasteiger partial charge on any atom is -0.396 e. The van der Waals surface area contributed by atoms with Gasteiger partial charge in [0.25, 0.3) is 0 Å². The third-order valence-electron chi connectivity index (χ3n) is 5.33. The molecule has 0 spiro atoms. The van der Waals surface area contributed by atoms with E-state index in [1.807, 2.05) is 49.2 Å². The highest BCUT2D eigenvalue weighted by atomic mass is 16.3. The van der Waals surface area contributed by atoms with Crippen molar-refractivity contribution in [3.63, 3.8) is 0 Å². The number of carbonyl (C=O) groups excluding carboxylic acids is 1. The lowest BCUT2D eigenvalue weighted by atomic mass is 9.73. The van der Waals surface area contributed by atoms with Crippen molar-refractivity contribution in [3.8, 4) is 0 Å². The van der Waals surface area contributed by atoms with Crippen LogP contribution in [0.4, 0.5) is 5.69 Å². The predicted octanol–water partition coefficient (Wildman–Crippen LogP) is 0.955. The number of carbonyl (C=O) groups is 1. The number of nitrogens with one attached hydrogen (secondary N) is 1. The van der Waals surface area contributed by atoms with Crippen molar-refractivity contribution in [2.24, 2.45) is 12.5 Å². The van der Waals surface area contributed by atoms with Crippen molar-refractivity contribution < 1.29 is 15.0 Å². The molecule has 0 saturated carbocycles. The van der Waals surface area contributed by atoms with E-state index >= 15 is 0 Å². The Morgan fingerprint density at radius 2 is 2.11 bits per heavy atom. The van der Waals surface area contributed by atoms with Crippen LogP contribution in [0.2, 0.25) is 0 Å². The van der Waals surface area contributed by atoms with Crippen LogP contribution < -0.4 is 5.32 Å². The van der Waals surface area contributed by atoms with E-state index in [1.54, 1.807) is 10.9 Å². The first-order valence-electron chi connectivity index (χ1n) is 9.27. The van der Waals surface area contributed by atoms with Crippen molar-refractivity contribution >= 4 is 11.6 Å². The number of anilines is 1. The number of aryl methyl sites for hydroxylation is 2. The molecule has 1 aliphatic rings. The van der Waals surface area contributed by atoms with E-state index in [4.69, 9.17) is 0 Å². The van der Waals surface area contributed by atoms with Crippen LogP contribution in [0.5, 0.6) is 0 Å². The first kappa shape index (κ1) is 19.5. The van der Waals surface area contributed by atoms with Gasteiger partial charge < -0.3 is 15.5 Å². The molecule has 146 valence electrons. The summed E-state index contributed by atoms with van der Waals surface area (Å²) in [5.41, 5.74) is 1.89. The first-order valence-corrected chi connectivity index (χ1v) is 9.27. The first-order chi connectivity index (χ1) is 12.9. The Kier molecular flexibility index (Phi) is 5.94. The van der Waals surface area contributed by atoms with Crippen LogP contribution in [0.1, 0.15) is 17.7 Å². The summed E-state index contributed by atoms with van der Waals surface area (Å²) in [6.45, 7) is 3.04. The molecule has 1 aromatic carbocycles. The van der Waals surface area contributed by atoms with Crippen molar-refractivity contribution in [1.82, 2.24) is 14.7 Å². The summed E-state index contributed by atoms with van der Waals surface area (Å²) < 4.78 is 1.67. The molecule has 1 saturated heterocycles. The quantitative estimate of drug-likeness (QED) is 0.703. The van der Waals surface area contributed by atoms with Gasteiger partial charge in [-0.1, -0.05) is 30.3 Å². The molecular formula is C20H28N4O3. The third kappa shape index (κ3) is 4.55. The molecular weight excluding hydrogens is 344 g/mol. The van der Waals surface area contributed by atoms with Gasteiger partial charge in [-0.3, -0.25) is 14.4 Å². The molecule has 1 amide bonds. The van der Waals surface area contributed by atoms with Crippen LogP contribution in [-0.2, 0) is 18.3 Å². The zero-order valence-corrected chi connectivity index (χ0v) is 15.9. The van der Waals surface area contributed by atoms with E-state index in [2.05, 4.69) is 10.4 Å². The molecule has 0 unspecified atom stereocenters. The van der Waals surface area contributed by atoms with E-state index in [-0.39, 0.29) is 19.1 Å². The fraction of sp³-hybridized carbons (Fsp3) is 0.500. The molecule has 1 fully saturated rings. The lowest BCUT2D eigenvalue weighted by molar-refractivity contribution is -0.121. The molecule has 7 nitrogen and oxygen atoms in total. The minimum absolute atomic E-state index is 0.117. The second kappa shape index (κ2) is 8.21. The Morgan fingerprint density at radius 3 is 2.74 bits per heavy atom. The topological polar surface area (TPSA) is 90.6 Å². The van der Waals surface area contributed by atoms with E-state index in [1.165, 1.54) is 0 Å². The number of rotatable bonds is 6. The van der Waals surface area contributed by atoms with Gasteiger partial charge in [0.15, 0.2) is 0 Å². The number of hydrogen-bond acceptors (Lipinski definition) is 5. The number of aliphatic hydroxyl groups excluding tert-OH is 2. The molecule has 1 aliphatic heterocycles. The zero-order valence-electron chi connectivity index (χ0n) is 15.9. The highest BCUT2D eigenvalue weighted by molar-refractivity contribution is 5.92. The largest absolute Gasteiger partial charge is 0.396 e. The molecule has 2 aromatic rings. The van der Waals surface area contributed by atoms with Crippen LogP contribution in [0.3, 0.4) is 0 Å². The maximum Gasteiger partial charge on any atom is 0.238 e. The zero-order chi connectivity index (χ0) is 19.4. The lowest BCUT2D eigenvalue weighted by Gasteiger charge is -2.45. The van der Waals surface area contributed by atoms with Gasteiger partial charge >= 0.3 is 0 Å². The molecule has 2 atom stereocenters.